The van der Waals surface area contributed by atoms with Crippen LogP contribution in [0.1, 0.15) is 61.8 Å². The predicted octanol–water partition coefficient (Wildman–Crippen LogP) is 4.83. The van der Waals surface area contributed by atoms with E-state index in [9.17, 15) is 0 Å². The minimum atomic E-state index is 0.174. The molecule has 1 nitrogen and oxygen atoms in total. The molecule has 0 atom stereocenters. The molecule has 0 rings (SSSR count). The normalized spacial score (nSPS) is 15.7. The quantitative estimate of drug-likeness (QED) is 0.577. The third-order valence-electron chi connectivity index (χ3n) is 2.84. The summed E-state index contributed by atoms with van der Waals surface area (Å²) in [6.07, 6.45) is 3.13. The Bertz CT molecular complexity index is 256. The molecular formula is C14H27N. The van der Waals surface area contributed by atoms with Gasteiger partial charge in [0.15, 0.2) is 0 Å². The fraction of sp³-hybridized carbons (Fsp3) is 0.786. The third kappa shape index (κ3) is 5.15. The van der Waals surface area contributed by atoms with Crippen molar-refractivity contribution in [2.45, 2.75) is 61.8 Å². The average Bonchev–Trinajstić information content (AvgIpc) is 2.00. The topological polar surface area (TPSA) is 12.4 Å². The third-order valence-corrected chi connectivity index (χ3v) is 2.84. The summed E-state index contributed by atoms with van der Waals surface area (Å²) >= 11 is 0. The van der Waals surface area contributed by atoms with Crippen molar-refractivity contribution in [3.63, 3.8) is 0 Å². The molecule has 0 aromatic rings. The summed E-state index contributed by atoms with van der Waals surface area (Å²) in [7, 11) is 0. The first-order chi connectivity index (χ1) is 6.59. The van der Waals surface area contributed by atoms with Gasteiger partial charge in [-0.15, -0.1) is 0 Å². The molecule has 0 N–H and O–H groups in total. The zero-order chi connectivity index (χ0) is 12.3. The Hall–Kier alpha value is -0.590. The number of hydrogen-bond acceptors (Lipinski definition) is 1. The number of hydrogen-bond donors (Lipinski definition) is 0. The number of nitrogens with zero attached hydrogens (tertiary/aromatic N) is 1. The van der Waals surface area contributed by atoms with Crippen molar-refractivity contribution in [2.75, 3.05) is 0 Å². The van der Waals surface area contributed by atoms with E-state index in [2.05, 4.69) is 66.6 Å². The Morgan fingerprint density at radius 1 is 1.00 bits per heavy atom. The summed E-state index contributed by atoms with van der Waals surface area (Å²) in [6.45, 7) is 17.6. The van der Waals surface area contributed by atoms with E-state index in [1.807, 2.05) is 0 Å². The largest absolute Gasteiger partial charge is 0.265 e. The van der Waals surface area contributed by atoms with Crippen LogP contribution in [0, 0.1) is 10.8 Å². The van der Waals surface area contributed by atoms with Crippen LogP contribution in [-0.4, -0.2) is 5.71 Å². The first kappa shape index (κ1) is 14.4. The summed E-state index contributed by atoms with van der Waals surface area (Å²) in [5.41, 5.74) is 3.01. The van der Waals surface area contributed by atoms with Gasteiger partial charge in [-0.1, -0.05) is 48.5 Å². The van der Waals surface area contributed by atoms with Crippen LogP contribution in [-0.2, 0) is 0 Å². The molecule has 0 saturated carbocycles. The van der Waals surface area contributed by atoms with Crippen molar-refractivity contribution < 1.29 is 0 Å². The second-order valence-corrected chi connectivity index (χ2v) is 6.22. The van der Waals surface area contributed by atoms with Gasteiger partial charge in [0.25, 0.3) is 0 Å². The van der Waals surface area contributed by atoms with Crippen LogP contribution < -0.4 is 0 Å². The van der Waals surface area contributed by atoms with Gasteiger partial charge in [-0.05, 0) is 29.7 Å². The highest BCUT2D eigenvalue weighted by atomic mass is 14.7. The highest BCUT2D eigenvalue weighted by Gasteiger charge is 2.16. The van der Waals surface area contributed by atoms with Crippen molar-refractivity contribution in [3.8, 4) is 0 Å². The molecule has 0 radical (unpaired) electrons. The molecule has 0 aromatic carbocycles. The lowest BCUT2D eigenvalue weighted by atomic mass is 9.85. The molecule has 0 bridgehead atoms. The Labute approximate surface area is 95.7 Å². The molecule has 0 fully saturated rings. The van der Waals surface area contributed by atoms with Gasteiger partial charge in [-0.3, -0.25) is 4.99 Å². The lowest BCUT2D eigenvalue weighted by Crippen LogP contribution is -2.16. The lowest BCUT2D eigenvalue weighted by molar-refractivity contribution is 0.486. The molecule has 1 heteroatoms. The Balaban J connectivity index is 4.91. The van der Waals surface area contributed by atoms with Crippen LogP contribution in [0.2, 0.25) is 0 Å². The van der Waals surface area contributed by atoms with Gasteiger partial charge >= 0.3 is 0 Å². The van der Waals surface area contributed by atoms with E-state index < -0.39 is 0 Å². The van der Waals surface area contributed by atoms with Crippen molar-refractivity contribution in [1.29, 1.82) is 0 Å². The van der Waals surface area contributed by atoms with Crippen LogP contribution >= 0.6 is 0 Å². The molecule has 0 aliphatic rings. The lowest BCUT2D eigenvalue weighted by Gasteiger charge is -2.22. The monoisotopic (exact) mass is 209 g/mol. The van der Waals surface area contributed by atoms with Crippen LogP contribution in [0.25, 0.3) is 0 Å². The second-order valence-electron chi connectivity index (χ2n) is 6.22. The van der Waals surface area contributed by atoms with E-state index >= 15 is 0 Å². The number of rotatable bonds is 2. The molecule has 0 saturated heterocycles. The predicted molar refractivity (Wildman–Crippen MR) is 70.4 cm³/mol. The second kappa shape index (κ2) is 4.96. The van der Waals surface area contributed by atoms with Crippen LogP contribution in [0.15, 0.2) is 16.8 Å². The molecule has 0 aromatic heterocycles. The summed E-state index contributed by atoms with van der Waals surface area (Å²) in [4.78, 5) is 4.59. The summed E-state index contributed by atoms with van der Waals surface area (Å²) < 4.78 is 0. The van der Waals surface area contributed by atoms with Gasteiger partial charge in [0.1, 0.15) is 0 Å². The smallest absolute Gasteiger partial charge is 0.0264 e. The van der Waals surface area contributed by atoms with Gasteiger partial charge in [-0.25, -0.2) is 0 Å². The van der Waals surface area contributed by atoms with Crippen molar-refractivity contribution in [3.05, 3.63) is 11.8 Å². The van der Waals surface area contributed by atoms with E-state index in [1.54, 1.807) is 0 Å². The van der Waals surface area contributed by atoms with Gasteiger partial charge in [0.2, 0.25) is 0 Å². The molecule has 0 aliphatic carbocycles. The zero-order valence-electron chi connectivity index (χ0n) is 11.7. The van der Waals surface area contributed by atoms with E-state index in [0.29, 0.717) is 0 Å². The minimum absolute atomic E-state index is 0.174. The maximum atomic E-state index is 4.59. The Kier molecular flexibility index (Phi) is 4.76. The number of allylic oxidation sites excluding steroid dienone is 1. The average molecular weight is 209 g/mol. The van der Waals surface area contributed by atoms with E-state index in [4.69, 9.17) is 0 Å². The van der Waals surface area contributed by atoms with Gasteiger partial charge in [0.05, 0.1) is 0 Å². The Morgan fingerprint density at radius 3 is 1.73 bits per heavy atom. The van der Waals surface area contributed by atoms with Gasteiger partial charge < -0.3 is 0 Å². The van der Waals surface area contributed by atoms with E-state index in [-0.39, 0.29) is 10.8 Å². The Morgan fingerprint density at radius 2 is 1.47 bits per heavy atom. The van der Waals surface area contributed by atoms with Gasteiger partial charge in [0, 0.05) is 11.9 Å². The number of aliphatic imine (C=N–C) groups is 1. The fourth-order valence-corrected chi connectivity index (χ4v) is 1.18. The first-order valence-electron chi connectivity index (χ1n) is 5.83. The minimum Gasteiger partial charge on any atom is -0.265 e. The van der Waals surface area contributed by atoms with Crippen molar-refractivity contribution in [1.82, 2.24) is 0 Å². The molecule has 0 heterocycles. The molecule has 0 unspecified atom stereocenters. The van der Waals surface area contributed by atoms with E-state index in [1.165, 1.54) is 11.3 Å². The SMILES string of the molecule is CC/C(=C\N=C(/C)C(C)(C)C)C(C)(C)C. The summed E-state index contributed by atoms with van der Waals surface area (Å²) in [6, 6.07) is 0. The summed E-state index contributed by atoms with van der Waals surface area (Å²) in [5.74, 6) is 0. The fourth-order valence-electron chi connectivity index (χ4n) is 1.18. The molecule has 0 amide bonds. The van der Waals surface area contributed by atoms with Crippen molar-refractivity contribution in [2.24, 2.45) is 15.8 Å². The van der Waals surface area contributed by atoms with E-state index in [0.717, 1.165) is 6.42 Å². The zero-order valence-corrected chi connectivity index (χ0v) is 11.7. The van der Waals surface area contributed by atoms with Crippen LogP contribution in [0.4, 0.5) is 0 Å². The molecule has 0 aliphatic heterocycles. The molecule has 88 valence electrons. The molecule has 0 spiro atoms. The highest BCUT2D eigenvalue weighted by molar-refractivity contribution is 5.87. The van der Waals surface area contributed by atoms with Crippen LogP contribution in [0.5, 0.6) is 0 Å². The first-order valence-corrected chi connectivity index (χ1v) is 5.83. The van der Waals surface area contributed by atoms with Gasteiger partial charge in [-0.2, -0.15) is 0 Å². The maximum absolute atomic E-state index is 4.59. The summed E-state index contributed by atoms with van der Waals surface area (Å²) in [5, 5.41) is 0. The molecule has 15 heavy (non-hydrogen) atoms. The maximum Gasteiger partial charge on any atom is 0.0264 e. The van der Waals surface area contributed by atoms with Crippen LogP contribution in [0.3, 0.4) is 0 Å². The molecular weight excluding hydrogens is 182 g/mol. The highest BCUT2D eigenvalue weighted by Crippen LogP contribution is 2.28. The van der Waals surface area contributed by atoms with Crippen molar-refractivity contribution >= 4 is 5.71 Å². The standard InChI is InChI=1S/C14H27N/c1-9-12(14(6,7)8)10-15-11(2)13(3,4)5/h10H,9H2,1-8H3/b12-10+,15-11+.